The minimum absolute atomic E-state index is 0.334. The van der Waals surface area contributed by atoms with Crippen molar-refractivity contribution in [3.05, 3.63) is 0 Å². The van der Waals surface area contributed by atoms with Gasteiger partial charge in [0.1, 0.15) is 0 Å². The summed E-state index contributed by atoms with van der Waals surface area (Å²) < 4.78 is 10.7. The van der Waals surface area contributed by atoms with Gasteiger partial charge < -0.3 is 9.47 Å². The zero-order valence-corrected chi connectivity index (χ0v) is 15.3. The van der Waals surface area contributed by atoms with E-state index in [-0.39, 0.29) is 11.9 Å². The first-order valence-electron chi connectivity index (χ1n) is 8.56. The average Bonchev–Trinajstić information content (AvgIpc) is 2.47. The molecule has 0 N–H and O–H groups in total. The number of ether oxygens (including phenoxy) is 2. The van der Waals surface area contributed by atoms with Gasteiger partial charge in [0.15, 0.2) is 0 Å². The highest BCUT2D eigenvalue weighted by atomic mass is 16.5. The first kappa shape index (κ1) is 20.9. The number of hydrogen-bond acceptors (Lipinski definition) is 4. The van der Waals surface area contributed by atoms with Crippen molar-refractivity contribution >= 4 is 11.9 Å². The molecule has 0 aromatic rings. The van der Waals surface area contributed by atoms with Crippen molar-refractivity contribution in [2.45, 2.75) is 80.1 Å². The molecule has 0 atom stereocenters. The molecule has 4 nitrogen and oxygen atoms in total. The predicted molar refractivity (Wildman–Crippen MR) is 88.5 cm³/mol. The minimum atomic E-state index is -0.916. The molecule has 0 heterocycles. The van der Waals surface area contributed by atoms with E-state index in [1.54, 1.807) is 27.7 Å². The van der Waals surface area contributed by atoms with Crippen molar-refractivity contribution in [3.63, 3.8) is 0 Å². The largest absolute Gasteiger partial charge is 0.465 e. The minimum Gasteiger partial charge on any atom is -0.465 e. The van der Waals surface area contributed by atoms with E-state index in [1.807, 2.05) is 0 Å². The van der Waals surface area contributed by atoms with Crippen LogP contribution in [-0.2, 0) is 19.1 Å². The van der Waals surface area contributed by atoms with Gasteiger partial charge in [-0.3, -0.25) is 9.59 Å². The maximum Gasteiger partial charge on any atom is 0.312 e. The van der Waals surface area contributed by atoms with Crippen molar-refractivity contribution in [1.82, 2.24) is 0 Å². The lowest BCUT2D eigenvalue weighted by Crippen LogP contribution is -2.46. The SMILES string of the molecule is CCCCCOC(=O)C(C)(C)C(C)(C)C(=O)OCCCCC. The normalized spacial score (nSPS) is 12.1. The molecule has 0 unspecified atom stereocenters. The molecule has 0 amide bonds. The molecule has 0 aliphatic heterocycles. The third kappa shape index (κ3) is 5.98. The molecule has 0 aliphatic rings. The van der Waals surface area contributed by atoms with E-state index in [9.17, 15) is 9.59 Å². The van der Waals surface area contributed by atoms with Gasteiger partial charge in [-0.25, -0.2) is 0 Å². The average molecular weight is 314 g/mol. The van der Waals surface area contributed by atoms with Crippen LogP contribution in [0, 0.1) is 10.8 Å². The highest BCUT2D eigenvalue weighted by Gasteiger charge is 2.50. The molecule has 0 fully saturated rings. The lowest BCUT2D eigenvalue weighted by atomic mass is 9.68. The van der Waals surface area contributed by atoms with Crippen LogP contribution in [0.5, 0.6) is 0 Å². The Morgan fingerprint density at radius 1 is 0.682 bits per heavy atom. The topological polar surface area (TPSA) is 52.6 Å². The highest BCUT2D eigenvalue weighted by Crippen LogP contribution is 2.40. The van der Waals surface area contributed by atoms with Gasteiger partial charge in [-0.15, -0.1) is 0 Å². The smallest absolute Gasteiger partial charge is 0.312 e. The zero-order chi connectivity index (χ0) is 17.2. The van der Waals surface area contributed by atoms with E-state index in [0.717, 1.165) is 38.5 Å². The highest BCUT2D eigenvalue weighted by molar-refractivity contribution is 5.87. The Hall–Kier alpha value is -1.06. The van der Waals surface area contributed by atoms with Gasteiger partial charge >= 0.3 is 11.9 Å². The Labute approximate surface area is 135 Å². The van der Waals surface area contributed by atoms with E-state index >= 15 is 0 Å². The molecule has 22 heavy (non-hydrogen) atoms. The van der Waals surface area contributed by atoms with Gasteiger partial charge in [0.05, 0.1) is 24.0 Å². The Morgan fingerprint density at radius 2 is 1.00 bits per heavy atom. The van der Waals surface area contributed by atoms with Crippen molar-refractivity contribution in [3.8, 4) is 0 Å². The lowest BCUT2D eigenvalue weighted by molar-refractivity contribution is -0.175. The number of unbranched alkanes of at least 4 members (excludes halogenated alkanes) is 4. The molecule has 0 radical (unpaired) electrons. The molecule has 0 spiro atoms. The van der Waals surface area contributed by atoms with Gasteiger partial charge in [0, 0.05) is 0 Å². The van der Waals surface area contributed by atoms with Crippen LogP contribution in [0.1, 0.15) is 80.1 Å². The molecule has 0 rings (SSSR count). The van der Waals surface area contributed by atoms with Crippen molar-refractivity contribution in [1.29, 1.82) is 0 Å². The van der Waals surface area contributed by atoms with Gasteiger partial charge in [0.25, 0.3) is 0 Å². The van der Waals surface area contributed by atoms with Crippen molar-refractivity contribution in [2.75, 3.05) is 13.2 Å². The van der Waals surface area contributed by atoms with Crippen molar-refractivity contribution < 1.29 is 19.1 Å². The van der Waals surface area contributed by atoms with E-state index in [2.05, 4.69) is 13.8 Å². The van der Waals surface area contributed by atoms with Gasteiger partial charge in [-0.05, 0) is 40.5 Å². The molecule has 0 saturated heterocycles. The summed E-state index contributed by atoms with van der Waals surface area (Å²) >= 11 is 0. The van der Waals surface area contributed by atoms with Gasteiger partial charge in [-0.1, -0.05) is 39.5 Å². The third-order valence-electron chi connectivity index (χ3n) is 4.55. The molecule has 4 heteroatoms. The first-order chi connectivity index (χ1) is 10.2. The second-order valence-corrected chi connectivity index (χ2v) is 6.94. The molecule has 0 aromatic carbocycles. The summed E-state index contributed by atoms with van der Waals surface area (Å²) in [7, 11) is 0. The number of carbonyl (C=O) groups excluding carboxylic acids is 2. The first-order valence-corrected chi connectivity index (χ1v) is 8.56. The summed E-state index contributed by atoms with van der Waals surface area (Å²) in [5, 5.41) is 0. The van der Waals surface area contributed by atoms with Crippen LogP contribution in [0.4, 0.5) is 0 Å². The lowest BCUT2D eigenvalue weighted by Gasteiger charge is -2.37. The molecule has 0 aromatic heterocycles. The van der Waals surface area contributed by atoms with Crippen LogP contribution in [0.3, 0.4) is 0 Å². The summed E-state index contributed by atoms with van der Waals surface area (Å²) in [5.74, 6) is -0.668. The van der Waals surface area contributed by atoms with Crippen LogP contribution < -0.4 is 0 Å². The van der Waals surface area contributed by atoms with E-state index in [1.165, 1.54) is 0 Å². The Balaban J connectivity index is 4.55. The zero-order valence-electron chi connectivity index (χ0n) is 15.3. The Kier molecular flexibility index (Phi) is 9.38. The maximum absolute atomic E-state index is 12.3. The summed E-state index contributed by atoms with van der Waals surface area (Å²) in [6, 6.07) is 0. The number of hydrogen-bond donors (Lipinski definition) is 0. The number of carbonyl (C=O) groups is 2. The Bertz CT molecular complexity index is 311. The molecular formula is C18H34O4. The summed E-state index contributed by atoms with van der Waals surface area (Å²) in [6.07, 6.45) is 5.96. The van der Waals surface area contributed by atoms with Crippen LogP contribution in [-0.4, -0.2) is 25.2 Å². The molecule has 0 bridgehead atoms. The summed E-state index contributed by atoms with van der Waals surface area (Å²) in [6.45, 7) is 12.0. The Morgan fingerprint density at radius 3 is 1.27 bits per heavy atom. The maximum atomic E-state index is 12.3. The fraction of sp³-hybridized carbons (Fsp3) is 0.889. The summed E-state index contributed by atoms with van der Waals surface area (Å²) in [5.41, 5.74) is -1.83. The molecule has 130 valence electrons. The van der Waals surface area contributed by atoms with Crippen LogP contribution >= 0.6 is 0 Å². The summed E-state index contributed by atoms with van der Waals surface area (Å²) in [4.78, 5) is 24.7. The van der Waals surface area contributed by atoms with Crippen LogP contribution in [0.15, 0.2) is 0 Å². The van der Waals surface area contributed by atoms with E-state index in [0.29, 0.717) is 13.2 Å². The second-order valence-electron chi connectivity index (χ2n) is 6.94. The van der Waals surface area contributed by atoms with Crippen LogP contribution in [0.2, 0.25) is 0 Å². The molecule has 0 saturated carbocycles. The molecule has 0 aliphatic carbocycles. The number of rotatable bonds is 11. The predicted octanol–water partition coefficient (Wildman–Crippen LogP) is 4.51. The second kappa shape index (κ2) is 9.86. The quantitative estimate of drug-likeness (QED) is 0.416. The molecular weight excluding hydrogens is 280 g/mol. The fourth-order valence-electron chi connectivity index (χ4n) is 1.91. The van der Waals surface area contributed by atoms with Crippen LogP contribution in [0.25, 0.3) is 0 Å². The number of esters is 2. The van der Waals surface area contributed by atoms with Gasteiger partial charge in [-0.2, -0.15) is 0 Å². The third-order valence-corrected chi connectivity index (χ3v) is 4.55. The monoisotopic (exact) mass is 314 g/mol. The van der Waals surface area contributed by atoms with E-state index < -0.39 is 10.8 Å². The standard InChI is InChI=1S/C18H34O4/c1-7-9-11-13-21-15(19)17(3,4)18(5,6)16(20)22-14-12-10-8-2/h7-14H2,1-6H3. The fourth-order valence-corrected chi connectivity index (χ4v) is 1.91. The van der Waals surface area contributed by atoms with Crippen molar-refractivity contribution in [2.24, 2.45) is 10.8 Å². The van der Waals surface area contributed by atoms with Gasteiger partial charge in [0.2, 0.25) is 0 Å². The van der Waals surface area contributed by atoms with E-state index in [4.69, 9.17) is 9.47 Å².